The minimum Gasteiger partial charge on any atom is -0.494 e. The molecule has 0 saturated heterocycles. The Balaban J connectivity index is 2.35. The quantitative estimate of drug-likeness (QED) is 0.683. The molecule has 3 nitrogen and oxygen atoms in total. The van der Waals surface area contributed by atoms with Crippen molar-refractivity contribution in [2.24, 2.45) is 0 Å². The second-order valence-electron chi connectivity index (χ2n) is 4.45. The second-order valence-corrected chi connectivity index (χ2v) is 4.72. The third-order valence-electron chi connectivity index (χ3n) is 3.16. The highest BCUT2D eigenvalue weighted by Gasteiger charge is 2.15. The molecule has 2 aromatic carbocycles. The molecule has 0 radical (unpaired) electrons. The molecule has 0 saturated carbocycles. The summed E-state index contributed by atoms with van der Waals surface area (Å²) in [6, 6.07) is 8.64. The van der Waals surface area contributed by atoms with E-state index < -0.39 is 11.6 Å². The number of halogens is 3. The first-order chi connectivity index (χ1) is 10.1. The minimum absolute atomic E-state index is 0.107. The number of imidazole rings is 1. The number of alkyl halides is 1. The van der Waals surface area contributed by atoms with Crippen LogP contribution < -0.4 is 4.74 Å². The largest absolute Gasteiger partial charge is 0.494 e. The number of methoxy groups -OCH3 is 1. The number of aromatic nitrogens is 2. The lowest BCUT2D eigenvalue weighted by Crippen LogP contribution is -2.00. The van der Waals surface area contributed by atoms with Crippen LogP contribution in [-0.2, 0) is 5.88 Å². The number of ether oxygens (including phenoxy) is 1. The van der Waals surface area contributed by atoms with Crippen molar-refractivity contribution in [3.8, 4) is 11.4 Å². The van der Waals surface area contributed by atoms with E-state index in [0.29, 0.717) is 28.3 Å². The van der Waals surface area contributed by atoms with Gasteiger partial charge in [-0.3, -0.25) is 4.57 Å². The van der Waals surface area contributed by atoms with Gasteiger partial charge < -0.3 is 4.74 Å². The molecule has 1 aromatic heterocycles. The van der Waals surface area contributed by atoms with Gasteiger partial charge in [0.25, 0.3) is 0 Å². The molecule has 0 aliphatic heterocycles. The zero-order valence-electron chi connectivity index (χ0n) is 11.1. The average molecular weight is 309 g/mol. The molecule has 0 aliphatic carbocycles. The van der Waals surface area contributed by atoms with Crippen molar-refractivity contribution in [2.45, 2.75) is 5.88 Å². The number of fused-ring (bicyclic) bond motifs is 1. The molecule has 0 unspecified atom stereocenters. The van der Waals surface area contributed by atoms with Crippen molar-refractivity contribution in [1.29, 1.82) is 0 Å². The molecule has 0 aliphatic rings. The maximum atomic E-state index is 13.5. The number of nitrogens with zero attached hydrogens (tertiary/aromatic N) is 2. The first kappa shape index (κ1) is 13.8. The van der Waals surface area contributed by atoms with Gasteiger partial charge in [-0.25, -0.2) is 13.8 Å². The van der Waals surface area contributed by atoms with E-state index >= 15 is 0 Å². The Kier molecular flexibility index (Phi) is 3.51. The molecular weight excluding hydrogens is 298 g/mol. The van der Waals surface area contributed by atoms with E-state index in [-0.39, 0.29) is 5.88 Å². The summed E-state index contributed by atoms with van der Waals surface area (Å²) in [5.74, 6) is -0.142. The Labute approximate surface area is 124 Å². The van der Waals surface area contributed by atoms with Gasteiger partial charge in [0.1, 0.15) is 28.7 Å². The van der Waals surface area contributed by atoms with Crippen molar-refractivity contribution in [2.75, 3.05) is 7.11 Å². The molecule has 0 atom stereocenters. The Morgan fingerprint density at radius 2 is 1.90 bits per heavy atom. The Hall–Kier alpha value is -2.14. The average Bonchev–Trinajstić information content (AvgIpc) is 2.84. The summed E-state index contributed by atoms with van der Waals surface area (Å²) in [6.07, 6.45) is 0. The summed E-state index contributed by atoms with van der Waals surface area (Å²) in [4.78, 5) is 4.40. The molecule has 0 bridgehead atoms. The number of rotatable bonds is 3. The lowest BCUT2D eigenvalue weighted by Gasteiger charge is -2.08. The van der Waals surface area contributed by atoms with Gasteiger partial charge in [0, 0.05) is 6.07 Å². The van der Waals surface area contributed by atoms with Gasteiger partial charge in [0.05, 0.1) is 24.2 Å². The van der Waals surface area contributed by atoms with Gasteiger partial charge in [-0.15, -0.1) is 11.6 Å². The Morgan fingerprint density at radius 1 is 1.19 bits per heavy atom. The highest BCUT2D eigenvalue weighted by Crippen LogP contribution is 2.29. The van der Waals surface area contributed by atoms with Crippen LogP contribution in [0.4, 0.5) is 8.78 Å². The Morgan fingerprint density at radius 3 is 2.52 bits per heavy atom. The lowest BCUT2D eigenvalue weighted by atomic mass is 10.2. The first-order valence-corrected chi connectivity index (χ1v) is 6.74. The molecule has 0 spiro atoms. The number of para-hydroxylation sites is 1. The molecule has 3 rings (SSSR count). The molecule has 108 valence electrons. The van der Waals surface area contributed by atoms with Crippen LogP contribution in [0, 0.1) is 11.6 Å². The summed E-state index contributed by atoms with van der Waals surface area (Å²) in [5.41, 5.74) is 1.61. The summed E-state index contributed by atoms with van der Waals surface area (Å²) in [6.45, 7) is 0. The first-order valence-electron chi connectivity index (χ1n) is 6.21. The highest BCUT2D eigenvalue weighted by molar-refractivity contribution is 6.17. The number of hydrogen-bond donors (Lipinski definition) is 0. The van der Waals surface area contributed by atoms with E-state index in [2.05, 4.69) is 4.98 Å². The zero-order valence-corrected chi connectivity index (χ0v) is 11.9. The maximum absolute atomic E-state index is 13.5. The predicted octanol–water partition coefficient (Wildman–Crippen LogP) is 4.05. The minimum atomic E-state index is -0.657. The van der Waals surface area contributed by atoms with Gasteiger partial charge in [-0.1, -0.05) is 6.07 Å². The fourth-order valence-electron chi connectivity index (χ4n) is 2.33. The van der Waals surface area contributed by atoms with Crippen molar-refractivity contribution in [1.82, 2.24) is 9.55 Å². The highest BCUT2D eigenvalue weighted by atomic mass is 35.5. The van der Waals surface area contributed by atoms with Crippen LogP contribution in [0.15, 0.2) is 36.4 Å². The van der Waals surface area contributed by atoms with E-state index in [1.54, 1.807) is 22.8 Å². The predicted molar refractivity (Wildman–Crippen MR) is 77.1 cm³/mol. The van der Waals surface area contributed by atoms with Crippen LogP contribution >= 0.6 is 11.6 Å². The topological polar surface area (TPSA) is 27.1 Å². The Bertz CT molecular complexity index is 797. The van der Waals surface area contributed by atoms with Gasteiger partial charge in [0.2, 0.25) is 0 Å². The summed E-state index contributed by atoms with van der Waals surface area (Å²) < 4.78 is 33.8. The zero-order chi connectivity index (χ0) is 15.0. The monoisotopic (exact) mass is 308 g/mol. The summed E-state index contributed by atoms with van der Waals surface area (Å²) in [7, 11) is 1.54. The molecule has 3 aromatic rings. The number of hydrogen-bond acceptors (Lipinski definition) is 2. The molecular formula is C15H11ClF2N2O. The summed E-state index contributed by atoms with van der Waals surface area (Å²) >= 11 is 5.92. The van der Waals surface area contributed by atoms with Crippen molar-refractivity contribution in [3.63, 3.8) is 0 Å². The number of benzene rings is 2. The van der Waals surface area contributed by atoms with Gasteiger partial charge in [-0.05, 0) is 24.3 Å². The molecule has 21 heavy (non-hydrogen) atoms. The maximum Gasteiger partial charge on any atom is 0.146 e. The molecule has 6 heteroatoms. The molecule has 0 fully saturated rings. The fraction of sp³-hybridized carbons (Fsp3) is 0.133. The standard InChI is InChI=1S/C15H11ClF2N2O/c1-21-13-4-2-3-12-15(13)19-14(8-16)20(12)11-6-9(17)5-10(18)7-11/h2-7H,8H2,1H3. The third-order valence-corrected chi connectivity index (χ3v) is 3.40. The fourth-order valence-corrected chi connectivity index (χ4v) is 2.51. The smallest absolute Gasteiger partial charge is 0.146 e. The van der Waals surface area contributed by atoms with Crippen LogP contribution in [0.1, 0.15) is 5.82 Å². The van der Waals surface area contributed by atoms with E-state index in [4.69, 9.17) is 16.3 Å². The van der Waals surface area contributed by atoms with Crippen LogP contribution in [0.3, 0.4) is 0 Å². The van der Waals surface area contributed by atoms with Crippen molar-refractivity contribution < 1.29 is 13.5 Å². The van der Waals surface area contributed by atoms with Gasteiger partial charge >= 0.3 is 0 Å². The summed E-state index contributed by atoms with van der Waals surface area (Å²) in [5, 5.41) is 0. The third kappa shape index (κ3) is 2.34. The van der Waals surface area contributed by atoms with E-state index in [9.17, 15) is 8.78 Å². The van der Waals surface area contributed by atoms with Gasteiger partial charge in [-0.2, -0.15) is 0 Å². The van der Waals surface area contributed by atoms with Crippen LogP contribution in [0.2, 0.25) is 0 Å². The molecule has 1 heterocycles. The van der Waals surface area contributed by atoms with E-state index in [0.717, 1.165) is 6.07 Å². The van der Waals surface area contributed by atoms with E-state index in [1.165, 1.54) is 19.2 Å². The SMILES string of the molecule is COc1cccc2c1nc(CCl)n2-c1cc(F)cc(F)c1. The molecule has 0 N–H and O–H groups in total. The normalized spacial score (nSPS) is 11.0. The lowest BCUT2D eigenvalue weighted by molar-refractivity contribution is 0.419. The van der Waals surface area contributed by atoms with Crippen LogP contribution in [-0.4, -0.2) is 16.7 Å². The molecule has 0 amide bonds. The second kappa shape index (κ2) is 5.33. The van der Waals surface area contributed by atoms with Gasteiger partial charge in [0.15, 0.2) is 0 Å². The van der Waals surface area contributed by atoms with Crippen molar-refractivity contribution >= 4 is 22.6 Å². The van der Waals surface area contributed by atoms with Crippen LogP contribution in [0.5, 0.6) is 5.75 Å². The van der Waals surface area contributed by atoms with E-state index in [1.807, 2.05) is 0 Å². The van der Waals surface area contributed by atoms with Crippen molar-refractivity contribution in [3.05, 3.63) is 53.9 Å². The van der Waals surface area contributed by atoms with Crippen LogP contribution in [0.25, 0.3) is 16.7 Å².